The average Bonchev–Trinajstić information content (AvgIpc) is 2.76. The molecule has 7 heteroatoms. The Balaban J connectivity index is 1.97. The number of primary amides is 1. The largest absolute Gasteiger partial charge is 0.398 e. The van der Waals surface area contributed by atoms with Gasteiger partial charge in [-0.05, 0) is 49.5 Å². The fourth-order valence-electron chi connectivity index (χ4n) is 3.33. The number of anilines is 1. The topological polar surface area (TPSA) is 121 Å². The maximum absolute atomic E-state index is 12.0. The molecule has 0 unspecified atom stereocenters. The summed E-state index contributed by atoms with van der Waals surface area (Å²) in [6.07, 6.45) is 1.76. The Labute approximate surface area is 182 Å². The molecule has 0 saturated carbocycles. The number of nitrogens with one attached hydrogen (secondary N) is 1. The Morgan fingerprint density at radius 2 is 1.94 bits per heavy atom. The number of nitriles is 1. The van der Waals surface area contributed by atoms with Crippen LogP contribution in [0.5, 0.6) is 0 Å². The van der Waals surface area contributed by atoms with Crippen molar-refractivity contribution in [3.8, 4) is 28.5 Å². The summed E-state index contributed by atoms with van der Waals surface area (Å²) in [5.41, 5.74) is 16.6. The molecule has 2 aromatic carbocycles. The summed E-state index contributed by atoms with van der Waals surface area (Å²) in [7, 11) is 4.04. The van der Waals surface area contributed by atoms with Crippen molar-refractivity contribution in [3.63, 3.8) is 0 Å². The number of para-hydroxylation sites is 1. The van der Waals surface area contributed by atoms with Crippen molar-refractivity contribution in [1.82, 2.24) is 15.2 Å². The minimum absolute atomic E-state index is 0.363. The van der Waals surface area contributed by atoms with Gasteiger partial charge in [0.05, 0.1) is 11.3 Å². The number of hydrogen-bond donors (Lipinski definition) is 3. The fourth-order valence-corrected chi connectivity index (χ4v) is 3.33. The van der Waals surface area contributed by atoms with E-state index in [9.17, 15) is 10.1 Å². The van der Waals surface area contributed by atoms with Crippen LogP contribution in [0.1, 0.15) is 21.5 Å². The molecular weight excluding hydrogens is 388 g/mol. The van der Waals surface area contributed by atoms with E-state index in [0.717, 1.165) is 18.7 Å². The van der Waals surface area contributed by atoms with Gasteiger partial charge in [0.25, 0.3) is 0 Å². The second-order valence-electron chi connectivity index (χ2n) is 7.54. The monoisotopic (exact) mass is 414 g/mol. The highest BCUT2D eigenvalue weighted by Crippen LogP contribution is 2.33. The number of rotatable bonds is 8. The third kappa shape index (κ3) is 5.25. The summed E-state index contributed by atoms with van der Waals surface area (Å²) in [5.74, 6) is -0.544. The Morgan fingerprint density at radius 1 is 1.16 bits per heavy atom. The molecule has 1 aromatic heterocycles. The first-order valence-corrected chi connectivity index (χ1v) is 9.94. The lowest BCUT2D eigenvalue weighted by Gasteiger charge is -2.13. The number of likely N-dealkylation sites (N-methyl/N-ethyl adjacent to an activating group) is 1. The summed E-state index contributed by atoms with van der Waals surface area (Å²) < 4.78 is 0. The molecule has 7 nitrogen and oxygen atoms in total. The predicted octanol–water partition coefficient (Wildman–Crippen LogP) is 2.62. The fraction of sp³-hybridized carbons (Fsp3) is 0.208. The van der Waals surface area contributed by atoms with Gasteiger partial charge >= 0.3 is 0 Å². The van der Waals surface area contributed by atoms with Gasteiger partial charge in [0, 0.05) is 48.2 Å². The smallest absolute Gasteiger partial charge is 0.249 e. The van der Waals surface area contributed by atoms with Crippen LogP contribution in [0, 0.1) is 11.3 Å². The molecule has 0 bridgehead atoms. The second kappa shape index (κ2) is 9.85. The highest BCUT2D eigenvalue weighted by atomic mass is 16.1. The number of hydrogen-bond acceptors (Lipinski definition) is 6. The van der Waals surface area contributed by atoms with Gasteiger partial charge in [0.15, 0.2) is 0 Å². The molecule has 0 fully saturated rings. The molecule has 31 heavy (non-hydrogen) atoms. The van der Waals surface area contributed by atoms with Crippen molar-refractivity contribution in [2.75, 3.05) is 32.9 Å². The lowest BCUT2D eigenvalue weighted by atomic mass is 9.93. The third-order valence-electron chi connectivity index (χ3n) is 4.94. The van der Waals surface area contributed by atoms with E-state index in [1.165, 1.54) is 0 Å². The molecule has 0 aliphatic carbocycles. The maximum atomic E-state index is 12.0. The van der Waals surface area contributed by atoms with Gasteiger partial charge in [0.1, 0.15) is 6.07 Å². The highest BCUT2D eigenvalue weighted by molar-refractivity contribution is 6.02. The van der Waals surface area contributed by atoms with Crippen molar-refractivity contribution in [1.29, 1.82) is 5.26 Å². The van der Waals surface area contributed by atoms with Gasteiger partial charge in [-0.3, -0.25) is 9.78 Å². The number of carbonyl (C=O) groups is 1. The van der Waals surface area contributed by atoms with Crippen LogP contribution < -0.4 is 16.8 Å². The zero-order valence-electron chi connectivity index (χ0n) is 17.7. The molecule has 3 aromatic rings. The molecule has 0 spiro atoms. The molecule has 0 aliphatic heterocycles. The zero-order valence-corrected chi connectivity index (χ0v) is 17.7. The molecule has 5 N–H and O–H groups in total. The van der Waals surface area contributed by atoms with Gasteiger partial charge in [-0.25, -0.2) is 0 Å². The van der Waals surface area contributed by atoms with Crippen molar-refractivity contribution < 1.29 is 4.79 Å². The number of aromatic nitrogens is 1. The van der Waals surface area contributed by atoms with Gasteiger partial charge in [-0.15, -0.1) is 0 Å². The van der Waals surface area contributed by atoms with E-state index < -0.39 is 5.91 Å². The van der Waals surface area contributed by atoms with E-state index in [1.807, 2.05) is 44.4 Å². The SMILES string of the molecule is CN(C)CCNCc1cnc(-c2ccc(C(N)=O)c(-c3ccccc3N)c2)c(C#N)c1. The molecule has 0 saturated heterocycles. The molecule has 158 valence electrons. The zero-order chi connectivity index (χ0) is 22.4. The molecule has 3 rings (SSSR count). The highest BCUT2D eigenvalue weighted by Gasteiger charge is 2.16. The van der Waals surface area contributed by atoms with Gasteiger partial charge in [-0.1, -0.05) is 24.3 Å². The van der Waals surface area contributed by atoms with Crippen molar-refractivity contribution >= 4 is 11.6 Å². The summed E-state index contributed by atoms with van der Waals surface area (Å²) in [6, 6.07) is 16.6. The first-order chi connectivity index (χ1) is 14.9. The summed E-state index contributed by atoms with van der Waals surface area (Å²) in [4.78, 5) is 18.6. The number of benzene rings is 2. The van der Waals surface area contributed by atoms with Crippen LogP contribution in [-0.4, -0.2) is 43.0 Å². The first kappa shape index (κ1) is 22.0. The van der Waals surface area contributed by atoms with Gasteiger partial charge in [0.2, 0.25) is 5.91 Å². The number of amides is 1. The number of nitrogens with zero attached hydrogens (tertiary/aromatic N) is 3. The van der Waals surface area contributed by atoms with E-state index in [1.54, 1.807) is 24.4 Å². The second-order valence-corrected chi connectivity index (χ2v) is 7.54. The number of carbonyl (C=O) groups excluding carboxylic acids is 1. The van der Waals surface area contributed by atoms with Crippen LogP contribution in [0.25, 0.3) is 22.4 Å². The van der Waals surface area contributed by atoms with Crippen LogP contribution in [0.4, 0.5) is 5.69 Å². The maximum Gasteiger partial charge on any atom is 0.249 e. The van der Waals surface area contributed by atoms with Crippen LogP contribution >= 0.6 is 0 Å². The normalized spacial score (nSPS) is 10.8. The third-order valence-corrected chi connectivity index (χ3v) is 4.94. The van der Waals surface area contributed by atoms with E-state index in [-0.39, 0.29) is 0 Å². The summed E-state index contributed by atoms with van der Waals surface area (Å²) >= 11 is 0. The molecule has 0 atom stereocenters. The Kier molecular flexibility index (Phi) is 6.98. The van der Waals surface area contributed by atoms with Crippen LogP contribution in [-0.2, 0) is 6.54 Å². The van der Waals surface area contributed by atoms with Gasteiger partial charge in [-0.2, -0.15) is 5.26 Å². The van der Waals surface area contributed by atoms with E-state index in [2.05, 4.69) is 21.3 Å². The predicted molar refractivity (Wildman–Crippen MR) is 123 cm³/mol. The average molecular weight is 415 g/mol. The van der Waals surface area contributed by atoms with Crippen LogP contribution in [0.15, 0.2) is 54.7 Å². The standard InChI is InChI=1S/C24H26N6O/c1-30(2)10-9-28-14-16-11-18(13-25)23(29-15-16)17-7-8-20(24(27)31)21(12-17)19-5-3-4-6-22(19)26/h3-8,11-12,15,28H,9-10,14,26H2,1-2H3,(H2,27,31). The molecule has 1 amide bonds. The van der Waals surface area contributed by atoms with Crippen LogP contribution in [0.3, 0.4) is 0 Å². The minimum atomic E-state index is -0.544. The van der Waals surface area contributed by atoms with E-state index in [4.69, 9.17) is 11.5 Å². The summed E-state index contributed by atoms with van der Waals surface area (Å²) in [6.45, 7) is 2.39. The lowest BCUT2D eigenvalue weighted by Crippen LogP contribution is -2.26. The van der Waals surface area contributed by atoms with Crippen molar-refractivity contribution in [2.45, 2.75) is 6.54 Å². The van der Waals surface area contributed by atoms with Crippen LogP contribution in [0.2, 0.25) is 0 Å². The van der Waals surface area contributed by atoms with E-state index >= 15 is 0 Å². The number of nitrogen functional groups attached to an aromatic ring is 1. The lowest BCUT2D eigenvalue weighted by molar-refractivity contribution is 0.100. The molecular formula is C24H26N6O. The summed E-state index contributed by atoms with van der Waals surface area (Å²) in [5, 5.41) is 13.1. The van der Waals surface area contributed by atoms with Gasteiger partial charge < -0.3 is 21.7 Å². The minimum Gasteiger partial charge on any atom is -0.398 e. The Morgan fingerprint density at radius 3 is 2.61 bits per heavy atom. The quantitative estimate of drug-likeness (QED) is 0.385. The number of pyridine rings is 1. The molecule has 0 aliphatic rings. The van der Waals surface area contributed by atoms with Crippen molar-refractivity contribution in [3.05, 3.63) is 71.4 Å². The van der Waals surface area contributed by atoms with E-state index in [0.29, 0.717) is 45.7 Å². The molecule has 0 radical (unpaired) electrons. The Hall–Kier alpha value is -3.73. The number of nitrogens with two attached hydrogens (primary N) is 2. The first-order valence-electron chi connectivity index (χ1n) is 9.94. The Bertz CT molecular complexity index is 1130. The molecule has 1 heterocycles. The van der Waals surface area contributed by atoms with Crippen molar-refractivity contribution in [2.24, 2.45) is 5.73 Å².